The number of carbonyl (C=O) groups excluding carboxylic acids is 1. The van der Waals surface area contributed by atoms with Crippen LogP contribution in [0.5, 0.6) is 5.75 Å². The maximum absolute atomic E-state index is 12.1. The number of carbonyl (C=O) groups is 1. The number of ether oxygens (including phenoxy) is 1. The van der Waals surface area contributed by atoms with Crippen LogP contribution in [-0.2, 0) is 4.79 Å². The molecule has 0 saturated carbocycles. The number of thioether (sulfide) groups is 1. The second kappa shape index (κ2) is 8.85. The molecule has 0 unspecified atom stereocenters. The summed E-state index contributed by atoms with van der Waals surface area (Å²) in [5.41, 5.74) is 1.23. The van der Waals surface area contributed by atoms with Crippen molar-refractivity contribution in [3.63, 3.8) is 0 Å². The first-order valence-electron chi connectivity index (χ1n) is 7.89. The number of H-pyrrole nitrogens is 1. The lowest BCUT2D eigenvalue weighted by Crippen LogP contribution is -2.14. The number of rotatable bonds is 7. The van der Waals surface area contributed by atoms with Gasteiger partial charge in [-0.05, 0) is 46.3 Å². The van der Waals surface area contributed by atoms with Gasteiger partial charge in [0.25, 0.3) is 5.69 Å². The van der Waals surface area contributed by atoms with Gasteiger partial charge in [-0.3, -0.25) is 20.0 Å². The Bertz CT molecular complexity index is 1010. The molecule has 1 aromatic heterocycles. The molecular weight excluding hydrogens is 450 g/mol. The number of hydrogen-bond donors (Lipinski definition) is 2. The van der Waals surface area contributed by atoms with Gasteiger partial charge < -0.3 is 10.1 Å². The highest BCUT2D eigenvalue weighted by Gasteiger charge is 2.13. The number of nitrogens with zero attached hydrogens (tertiary/aromatic N) is 3. The molecule has 0 atom stereocenters. The van der Waals surface area contributed by atoms with Crippen LogP contribution in [0.15, 0.2) is 52.1 Å². The molecule has 0 radical (unpaired) electrons. The molecule has 0 spiro atoms. The topological polar surface area (TPSA) is 123 Å². The number of aromatic amines is 1. The third kappa shape index (κ3) is 4.87. The van der Waals surface area contributed by atoms with Crippen molar-refractivity contribution in [3.05, 3.63) is 57.1 Å². The van der Waals surface area contributed by atoms with Gasteiger partial charge in [0.15, 0.2) is 5.82 Å². The number of nitro groups is 1. The van der Waals surface area contributed by atoms with Crippen LogP contribution in [-0.4, -0.2) is 38.9 Å². The Morgan fingerprint density at radius 2 is 2.07 bits per heavy atom. The van der Waals surface area contributed by atoms with Crippen molar-refractivity contribution in [3.8, 4) is 17.1 Å². The number of non-ortho nitro benzene ring substituents is 1. The van der Waals surface area contributed by atoms with E-state index in [4.69, 9.17) is 4.74 Å². The van der Waals surface area contributed by atoms with Gasteiger partial charge in [0, 0.05) is 22.2 Å². The van der Waals surface area contributed by atoms with Crippen molar-refractivity contribution in [2.75, 3.05) is 18.2 Å². The summed E-state index contributed by atoms with van der Waals surface area (Å²) in [6, 6.07) is 11.5. The predicted molar refractivity (Wildman–Crippen MR) is 109 cm³/mol. The van der Waals surface area contributed by atoms with E-state index in [0.717, 1.165) is 11.3 Å². The summed E-state index contributed by atoms with van der Waals surface area (Å²) in [6.07, 6.45) is 0. The number of anilines is 1. The van der Waals surface area contributed by atoms with E-state index in [1.165, 1.54) is 30.0 Å². The molecule has 9 nitrogen and oxygen atoms in total. The average Bonchev–Trinajstić information content (AvgIpc) is 3.17. The molecule has 0 saturated heterocycles. The van der Waals surface area contributed by atoms with Crippen LogP contribution in [0.25, 0.3) is 11.4 Å². The lowest BCUT2D eigenvalue weighted by molar-refractivity contribution is -0.384. The number of nitro benzene ring substituents is 1. The monoisotopic (exact) mass is 463 g/mol. The van der Waals surface area contributed by atoms with Gasteiger partial charge in [-0.15, -0.1) is 5.10 Å². The van der Waals surface area contributed by atoms with E-state index >= 15 is 0 Å². The number of benzene rings is 2. The maximum Gasteiger partial charge on any atom is 0.270 e. The largest absolute Gasteiger partial charge is 0.497 e. The Morgan fingerprint density at radius 1 is 1.32 bits per heavy atom. The predicted octanol–water partition coefficient (Wildman–Crippen LogP) is 3.88. The van der Waals surface area contributed by atoms with Gasteiger partial charge in [0.05, 0.1) is 23.5 Å². The second-order valence-corrected chi connectivity index (χ2v) is 7.25. The number of aromatic nitrogens is 3. The van der Waals surface area contributed by atoms with Gasteiger partial charge in [0.2, 0.25) is 11.1 Å². The van der Waals surface area contributed by atoms with Gasteiger partial charge in [-0.25, -0.2) is 4.98 Å². The van der Waals surface area contributed by atoms with Crippen molar-refractivity contribution < 1.29 is 14.5 Å². The molecule has 0 aliphatic heterocycles. The van der Waals surface area contributed by atoms with E-state index in [9.17, 15) is 14.9 Å². The third-order valence-electron chi connectivity index (χ3n) is 3.60. The van der Waals surface area contributed by atoms with Crippen molar-refractivity contribution >= 4 is 45.0 Å². The quantitative estimate of drug-likeness (QED) is 0.309. The van der Waals surface area contributed by atoms with Gasteiger partial charge in [-0.2, -0.15) is 0 Å². The zero-order chi connectivity index (χ0) is 20.1. The van der Waals surface area contributed by atoms with Gasteiger partial charge in [-0.1, -0.05) is 11.8 Å². The van der Waals surface area contributed by atoms with Crippen LogP contribution >= 0.6 is 27.7 Å². The molecule has 3 rings (SSSR count). The molecule has 0 fully saturated rings. The van der Waals surface area contributed by atoms with E-state index < -0.39 is 4.92 Å². The zero-order valence-corrected chi connectivity index (χ0v) is 16.9. The highest BCUT2D eigenvalue weighted by molar-refractivity contribution is 9.10. The van der Waals surface area contributed by atoms with Crippen LogP contribution < -0.4 is 10.1 Å². The number of nitrogens with one attached hydrogen (secondary N) is 2. The third-order valence-corrected chi connectivity index (χ3v) is 5.10. The first kappa shape index (κ1) is 19.8. The SMILES string of the molecule is COc1ccc(-c2nc(SCC(=O)Nc3ccc([N+](=O)[O-])cc3Br)n[nH]2)cc1. The van der Waals surface area contributed by atoms with Crippen LogP contribution in [0.1, 0.15) is 0 Å². The van der Waals surface area contributed by atoms with Crippen LogP contribution in [0.4, 0.5) is 11.4 Å². The van der Waals surface area contributed by atoms with Crippen molar-refractivity contribution in [1.29, 1.82) is 0 Å². The van der Waals surface area contributed by atoms with E-state index in [1.54, 1.807) is 7.11 Å². The van der Waals surface area contributed by atoms with Crippen molar-refractivity contribution in [2.24, 2.45) is 0 Å². The summed E-state index contributed by atoms with van der Waals surface area (Å²) in [5.74, 6) is 1.13. The fourth-order valence-electron chi connectivity index (χ4n) is 2.22. The lowest BCUT2D eigenvalue weighted by atomic mass is 10.2. The first-order chi connectivity index (χ1) is 13.5. The number of methoxy groups -OCH3 is 1. The smallest absolute Gasteiger partial charge is 0.270 e. The maximum atomic E-state index is 12.1. The zero-order valence-electron chi connectivity index (χ0n) is 14.5. The van der Waals surface area contributed by atoms with E-state index in [2.05, 4.69) is 36.4 Å². The van der Waals surface area contributed by atoms with Crippen molar-refractivity contribution in [1.82, 2.24) is 15.2 Å². The molecule has 0 bridgehead atoms. The standard InChI is InChI=1S/C17H14BrN5O4S/c1-27-12-5-2-10(3-6-12)16-20-17(22-21-16)28-9-15(24)19-14-7-4-11(23(25)26)8-13(14)18/h2-8H,9H2,1H3,(H,19,24)(H,20,21,22). The number of hydrogen-bond acceptors (Lipinski definition) is 7. The summed E-state index contributed by atoms with van der Waals surface area (Å²) in [5, 5.41) is 20.8. The lowest BCUT2D eigenvalue weighted by Gasteiger charge is -2.06. The van der Waals surface area contributed by atoms with E-state index in [0.29, 0.717) is 21.1 Å². The molecule has 3 aromatic rings. The molecule has 144 valence electrons. The van der Waals surface area contributed by atoms with Crippen LogP contribution in [0.3, 0.4) is 0 Å². The molecule has 28 heavy (non-hydrogen) atoms. The summed E-state index contributed by atoms with van der Waals surface area (Å²) in [4.78, 5) is 26.7. The van der Waals surface area contributed by atoms with Gasteiger partial charge >= 0.3 is 0 Å². The molecule has 2 aromatic carbocycles. The highest BCUT2D eigenvalue weighted by Crippen LogP contribution is 2.27. The molecule has 0 aliphatic carbocycles. The minimum Gasteiger partial charge on any atom is -0.497 e. The average molecular weight is 464 g/mol. The minimum atomic E-state index is -0.504. The summed E-state index contributed by atoms with van der Waals surface area (Å²) in [7, 11) is 1.60. The molecule has 1 amide bonds. The van der Waals surface area contributed by atoms with Crippen molar-refractivity contribution in [2.45, 2.75) is 5.16 Å². The summed E-state index contributed by atoms with van der Waals surface area (Å²) >= 11 is 4.39. The normalized spacial score (nSPS) is 10.5. The Balaban J connectivity index is 1.58. The molecule has 1 heterocycles. The fourth-order valence-corrected chi connectivity index (χ4v) is 3.29. The van der Waals surface area contributed by atoms with Crippen LogP contribution in [0, 0.1) is 10.1 Å². The summed E-state index contributed by atoms with van der Waals surface area (Å²) < 4.78 is 5.55. The van der Waals surface area contributed by atoms with E-state index in [1.807, 2.05) is 24.3 Å². The highest BCUT2D eigenvalue weighted by atomic mass is 79.9. The van der Waals surface area contributed by atoms with E-state index in [-0.39, 0.29) is 17.3 Å². The molecule has 2 N–H and O–H groups in total. The second-order valence-electron chi connectivity index (χ2n) is 5.45. The van der Waals surface area contributed by atoms with Crippen LogP contribution in [0.2, 0.25) is 0 Å². The Kier molecular flexibility index (Phi) is 6.26. The Hall–Kier alpha value is -2.92. The van der Waals surface area contributed by atoms with Gasteiger partial charge in [0.1, 0.15) is 5.75 Å². The summed E-state index contributed by atoms with van der Waals surface area (Å²) in [6.45, 7) is 0. The first-order valence-corrected chi connectivity index (χ1v) is 9.67. The molecular formula is C17H14BrN5O4S. The molecule has 11 heteroatoms. The number of amides is 1. The minimum absolute atomic E-state index is 0.0639. The molecule has 0 aliphatic rings. The Labute approximate surface area is 172 Å². The fraction of sp³-hybridized carbons (Fsp3) is 0.118. The Morgan fingerprint density at radius 3 is 2.71 bits per heavy atom. The number of halogens is 1.